The lowest BCUT2D eigenvalue weighted by Gasteiger charge is -2.31. The van der Waals surface area contributed by atoms with E-state index in [-0.39, 0.29) is 30.5 Å². The van der Waals surface area contributed by atoms with Gasteiger partial charge in [-0.2, -0.15) is 0 Å². The highest BCUT2D eigenvalue weighted by Gasteiger charge is 2.16. The van der Waals surface area contributed by atoms with Gasteiger partial charge in [0.25, 0.3) is 0 Å². The van der Waals surface area contributed by atoms with Crippen LogP contribution >= 0.6 is 28.3 Å². The van der Waals surface area contributed by atoms with Crippen LogP contribution in [0.15, 0.2) is 28.7 Å². The highest BCUT2D eigenvalue weighted by Crippen LogP contribution is 2.16. The average Bonchev–Trinajstić information content (AvgIpc) is 2.37. The topological polar surface area (TPSA) is 38.8 Å². The van der Waals surface area contributed by atoms with Gasteiger partial charge < -0.3 is 9.47 Å². The molecule has 1 rings (SSSR count). The number of hydrogen-bond acceptors (Lipinski definition) is 4. The normalized spacial score (nSPS) is 11.0. The summed E-state index contributed by atoms with van der Waals surface area (Å²) < 4.78 is 11.4. The predicted octanol–water partition coefficient (Wildman–Crippen LogP) is 3.52. The molecule has 21 heavy (non-hydrogen) atoms. The van der Waals surface area contributed by atoms with E-state index in [1.54, 1.807) is 12.1 Å². The van der Waals surface area contributed by atoms with Crippen LogP contribution in [0.1, 0.15) is 20.8 Å². The Labute approximate surface area is 141 Å². The van der Waals surface area contributed by atoms with E-state index in [2.05, 4.69) is 41.6 Å². The Bertz CT molecular complexity index is 432. The fourth-order valence-electron chi connectivity index (χ4n) is 1.35. The number of carbonyl (C=O) groups excluding carboxylic acids is 1. The van der Waals surface area contributed by atoms with Crippen LogP contribution in [0, 0.1) is 0 Å². The molecule has 0 aliphatic rings. The molecule has 0 aliphatic heterocycles. The summed E-state index contributed by atoms with van der Waals surface area (Å²) in [7, 11) is 2.01. The van der Waals surface area contributed by atoms with Gasteiger partial charge in [0.2, 0.25) is 0 Å². The lowest BCUT2D eigenvalue weighted by atomic mass is 10.1. The minimum Gasteiger partial charge on any atom is -0.482 e. The summed E-state index contributed by atoms with van der Waals surface area (Å²) in [5, 5.41) is 0. The molecule has 6 heteroatoms. The quantitative estimate of drug-likeness (QED) is 0.708. The van der Waals surface area contributed by atoms with E-state index >= 15 is 0 Å². The third-order valence-corrected chi connectivity index (χ3v) is 3.53. The first-order valence-corrected chi connectivity index (χ1v) is 7.33. The molecule has 0 atom stereocenters. The maximum Gasteiger partial charge on any atom is 0.344 e. The molecule has 0 radical (unpaired) electrons. The van der Waals surface area contributed by atoms with Crippen molar-refractivity contribution in [3.8, 4) is 5.75 Å². The molecule has 0 unspecified atom stereocenters. The molecule has 0 fully saturated rings. The van der Waals surface area contributed by atoms with Crippen molar-refractivity contribution in [3.63, 3.8) is 0 Å². The van der Waals surface area contributed by atoms with Gasteiger partial charge in [0.15, 0.2) is 6.61 Å². The van der Waals surface area contributed by atoms with Crippen LogP contribution in [0.3, 0.4) is 0 Å². The van der Waals surface area contributed by atoms with Crippen molar-refractivity contribution in [3.05, 3.63) is 28.7 Å². The first-order chi connectivity index (χ1) is 9.29. The van der Waals surface area contributed by atoms with Gasteiger partial charge in [-0.25, -0.2) is 4.79 Å². The van der Waals surface area contributed by atoms with E-state index in [1.807, 2.05) is 19.2 Å². The minimum atomic E-state index is -0.352. The maximum atomic E-state index is 11.5. The van der Waals surface area contributed by atoms with Gasteiger partial charge in [0.1, 0.15) is 12.4 Å². The average molecular weight is 381 g/mol. The van der Waals surface area contributed by atoms with Crippen LogP contribution in [-0.4, -0.2) is 43.2 Å². The van der Waals surface area contributed by atoms with E-state index in [1.165, 1.54) is 0 Å². The summed E-state index contributed by atoms with van der Waals surface area (Å²) in [5.74, 6) is 0.298. The molecule has 0 spiro atoms. The predicted molar refractivity (Wildman–Crippen MR) is 90.2 cm³/mol. The van der Waals surface area contributed by atoms with E-state index in [0.717, 1.165) is 4.47 Å². The van der Waals surface area contributed by atoms with Gasteiger partial charge in [0.05, 0.1) is 0 Å². The smallest absolute Gasteiger partial charge is 0.344 e. The minimum absolute atomic E-state index is 0. The first kappa shape index (κ1) is 20.2. The van der Waals surface area contributed by atoms with Crippen molar-refractivity contribution in [2.45, 2.75) is 26.3 Å². The van der Waals surface area contributed by atoms with Crippen LogP contribution in [-0.2, 0) is 9.53 Å². The Morgan fingerprint density at radius 1 is 1.24 bits per heavy atom. The van der Waals surface area contributed by atoms with Crippen LogP contribution in [0.5, 0.6) is 5.75 Å². The van der Waals surface area contributed by atoms with Gasteiger partial charge in [-0.15, -0.1) is 12.4 Å². The third-order valence-electron chi connectivity index (χ3n) is 3.01. The number of likely N-dealkylation sites (N-methyl/N-ethyl adjacent to an activating group) is 1. The molecule has 120 valence electrons. The molecule has 1 aromatic carbocycles. The molecular formula is C15H23BrClNO3. The van der Waals surface area contributed by atoms with Gasteiger partial charge in [-0.1, -0.05) is 15.9 Å². The second kappa shape index (κ2) is 9.28. The summed E-state index contributed by atoms with van der Waals surface area (Å²) in [6.45, 7) is 7.35. The Morgan fingerprint density at radius 2 is 1.81 bits per heavy atom. The fourth-order valence-corrected chi connectivity index (χ4v) is 1.61. The van der Waals surface area contributed by atoms with Crippen molar-refractivity contribution < 1.29 is 14.3 Å². The van der Waals surface area contributed by atoms with Crippen LogP contribution in [0.2, 0.25) is 0 Å². The largest absolute Gasteiger partial charge is 0.482 e. The van der Waals surface area contributed by atoms with Crippen LogP contribution < -0.4 is 4.74 Å². The van der Waals surface area contributed by atoms with Gasteiger partial charge in [-0.3, -0.25) is 4.90 Å². The van der Waals surface area contributed by atoms with Crippen molar-refractivity contribution in [2.75, 3.05) is 26.8 Å². The molecule has 0 heterocycles. The Kier molecular flexibility index (Phi) is 8.94. The van der Waals surface area contributed by atoms with Crippen molar-refractivity contribution in [2.24, 2.45) is 0 Å². The summed E-state index contributed by atoms with van der Waals surface area (Å²) in [6, 6.07) is 7.31. The SMILES string of the molecule is CN(CCOC(=O)COc1ccc(Br)cc1)C(C)(C)C.Cl. The zero-order chi connectivity index (χ0) is 15.2. The molecular weight excluding hydrogens is 358 g/mol. The first-order valence-electron chi connectivity index (χ1n) is 6.54. The number of nitrogens with zero attached hydrogens (tertiary/aromatic N) is 1. The van der Waals surface area contributed by atoms with E-state index in [9.17, 15) is 4.79 Å². The Hall–Kier alpha value is -0.780. The molecule has 0 saturated heterocycles. The molecule has 0 bridgehead atoms. The van der Waals surface area contributed by atoms with Crippen LogP contribution in [0.4, 0.5) is 0 Å². The number of halogens is 2. The second-order valence-corrected chi connectivity index (χ2v) is 6.47. The van der Waals surface area contributed by atoms with E-state index in [4.69, 9.17) is 9.47 Å². The van der Waals surface area contributed by atoms with Crippen LogP contribution in [0.25, 0.3) is 0 Å². The maximum absolute atomic E-state index is 11.5. The molecule has 1 aromatic rings. The summed E-state index contributed by atoms with van der Waals surface area (Å²) >= 11 is 3.34. The molecule has 0 aliphatic carbocycles. The lowest BCUT2D eigenvalue weighted by Crippen LogP contribution is -2.40. The molecule has 0 N–H and O–H groups in total. The van der Waals surface area contributed by atoms with Gasteiger partial charge in [-0.05, 0) is 52.1 Å². The Balaban J connectivity index is 0.00000400. The number of rotatable bonds is 6. The van der Waals surface area contributed by atoms with Gasteiger partial charge >= 0.3 is 5.97 Å². The monoisotopic (exact) mass is 379 g/mol. The molecule has 0 aromatic heterocycles. The fraction of sp³-hybridized carbons (Fsp3) is 0.533. The van der Waals surface area contributed by atoms with Crippen molar-refractivity contribution >= 4 is 34.3 Å². The number of carbonyl (C=O) groups is 1. The number of hydrogen-bond donors (Lipinski definition) is 0. The third kappa shape index (κ3) is 8.29. The summed E-state index contributed by atoms with van der Waals surface area (Å²) in [6.07, 6.45) is 0. The number of esters is 1. The van der Waals surface area contributed by atoms with Crippen molar-refractivity contribution in [1.29, 1.82) is 0 Å². The second-order valence-electron chi connectivity index (χ2n) is 5.56. The molecule has 4 nitrogen and oxygen atoms in total. The van der Waals surface area contributed by atoms with Gasteiger partial charge in [0, 0.05) is 16.6 Å². The van der Waals surface area contributed by atoms with E-state index in [0.29, 0.717) is 18.9 Å². The number of benzene rings is 1. The zero-order valence-electron chi connectivity index (χ0n) is 12.9. The highest BCUT2D eigenvalue weighted by atomic mass is 79.9. The molecule has 0 amide bonds. The molecule has 0 saturated carbocycles. The number of ether oxygens (including phenoxy) is 2. The highest BCUT2D eigenvalue weighted by molar-refractivity contribution is 9.10. The standard InChI is InChI=1S/C15H22BrNO3.ClH/c1-15(2,3)17(4)9-10-19-14(18)11-20-13-7-5-12(16)6-8-13;/h5-8H,9-11H2,1-4H3;1H. The summed E-state index contributed by atoms with van der Waals surface area (Å²) in [4.78, 5) is 13.7. The Morgan fingerprint density at radius 3 is 2.33 bits per heavy atom. The summed E-state index contributed by atoms with van der Waals surface area (Å²) in [5.41, 5.74) is 0.0698. The lowest BCUT2D eigenvalue weighted by molar-refractivity contribution is -0.146. The van der Waals surface area contributed by atoms with E-state index < -0.39 is 0 Å². The zero-order valence-corrected chi connectivity index (χ0v) is 15.3. The van der Waals surface area contributed by atoms with Crippen molar-refractivity contribution in [1.82, 2.24) is 4.90 Å².